The van der Waals surface area contributed by atoms with E-state index in [1.54, 1.807) is 16.5 Å². The number of amides is 3. The van der Waals surface area contributed by atoms with Gasteiger partial charge in [0.2, 0.25) is 0 Å². The van der Waals surface area contributed by atoms with Crippen molar-refractivity contribution in [3.8, 4) is 0 Å². The van der Waals surface area contributed by atoms with Gasteiger partial charge < -0.3 is 4.90 Å². The van der Waals surface area contributed by atoms with Gasteiger partial charge in [0.1, 0.15) is 5.54 Å². The van der Waals surface area contributed by atoms with E-state index < -0.39 is 5.54 Å². The first-order chi connectivity index (χ1) is 8.38. The summed E-state index contributed by atoms with van der Waals surface area (Å²) in [4.78, 5) is 25.3. The maximum atomic E-state index is 11.8. The summed E-state index contributed by atoms with van der Waals surface area (Å²) in [7, 11) is 1.83. The highest BCUT2D eigenvalue weighted by molar-refractivity contribution is 6.06. The summed E-state index contributed by atoms with van der Waals surface area (Å²) >= 11 is 0. The maximum Gasteiger partial charge on any atom is 0.325 e. The highest BCUT2D eigenvalue weighted by Gasteiger charge is 2.47. The number of nitrogens with one attached hydrogen (secondary N) is 1. The summed E-state index contributed by atoms with van der Waals surface area (Å²) in [6.07, 6.45) is 0.585. The molecule has 0 bridgehead atoms. The van der Waals surface area contributed by atoms with E-state index in [1.165, 1.54) is 0 Å². The lowest BCUT2D eigenvalue weighted by atomic mass is 9.97. The molecule has 6 heteroatoms. The lowest BCUT2D eigenvalue weighted by Gasteiger charge is -2.30. The largest absolute Gasteiger partial charge is 0.325 e. The van der Waals surface area contributed by atoms with Gasteiger partial charge in [0.25, 0.3) is 5.91 Å². The van der Waals surface area contributed by atoms with Gasteiger partial charge in [-0.15, -0.1) is 0 Å². The van der Waals surface area contributed by atoms with Crippen molar-refractivity contribution in [2.24, 2.45) is 7.05 Å². The number of aromatic nitrogens is 2. The van der Waals surface area contributed by atoms with Gasteiger partial charge in [-0.05, 0) is 26.3 Å². The van der Waals surface area contributed by atoms with Gasteiger partial charge >= 0.3 is 6.03 Å². The molecule has 0 saturated carbocycles. The summed E-state index contributed by atoms with van der Waals surface area (Å²) in [6, 6.07) is 1.59. The van der Waals surface area contributed by atoms with Gasteiger partial charge in [0, 0.05) is 7.05 Å². The van der Waals surface area contributed by atoms with Crippen LogP contribution in [0.2, 0.25) is 0 Å². The molecule has 6 nitrogen and oxygen atoms in total. The average Bonchev–Trinajstić information content (AvgIpc) is 2.72. The molecule has 1 aliphatic rings. The molecule has 3 amide bonds. The summed E-state index contributed by atoms with van der Waals surface area (Å²) in [5, 5.41) is 6.62. The molecule has 0 aliphatic carbocycles. The Balaban J connectivity index is 2.30. The number of carbonyl (C=O) groups is 2. The van der Waals surface area contributed by atoms with Gasteiger partial charge in [-0.2, -0.15) is 5.10 Å². The van der Waals surface area contributed by atoms with E-state index in [2.05, 4.69) is 10.4 Å². The van der Waals surface area contributed by atoms with Crippen molar-refractivity contribution in [1.82, 2.24) is 20.0 Å². The zero-order valence-corrected chi connectivity index (χ0v) is 11.1. The number of aryl methyl sites for hydroxylation is 2. The van der Waals surface area contributed by atoms with Crippen LogP contribution in [-0.2, 0) is 18.4 Å². The number of imide groups is 1. The predicted octanol–water partition coefficient (Wildman–Crippen LogP) is 0.949. The van der Waals surface area contributed by atoms with E-state index in [-0.39, 0.29) is 11.9 Å². The molecule has 1 saturated heterocycles. The number of nitrogens with zero attached hydrogens (tertiary/aromatic N) is 3. The fourth-order valence-electron chi connectivity index (χ4n) is 2.22. The Morgan fingerprint density at radius 3 is 2.61 bits per heavy atom. The first-order valence-electron chi connectivity index (χ1n) is 6.01. The monoisotopic (exact) mass is 250 g/mol. The third kappa shape index (κ3) is 1.77. The van der Waals surface area contributed by atoms with Crippen LogP contribution in [0.3, 0.4) is 0 Å². The Morgan fingerprint density at radius 2 is 2.11 bits per heavy atom. The maximum absolute atomic E-state index is 11.8. The van der Waals surface area contributed by atoms with E-state index in [9.17, 15) is 9.59 Å². The van der Waals surface area contributed by atoms with Crippen molar-refractivity contribution in [3.63, 3.8) is 0 Å². The minimum atomic E-state index is -0.769. The SMILES string of the molecule is CCC1(C)C(=O)NC(=O)N1Cc1cc(C)nn1C. The quantitative estimate of drug-likeness (QED) is 0.812. The minimum Gasteiger partial charge on any atom is -0.304 e. The van der Waals surface area contributed by atoms with Crippen LogP contribution in [-0.4, -0.2) is 32.2 Å². The van der Waals surface area contributed by atoms with Crippen molar-refractivity contribution >= 4 is 11.9 Å². The molecule has 0 aromatic carbocycles. The average molecular weight is 250 g/mol. The number of hydrogen-bond acceptors (Lipinski definition) is 3. The predicted molar refractivity (Wildman–Crippen MR) is 65.7 cm³/mol. The molecule has 1 aromatic rings. The van der Waals surface area contributed by atoms with E-state index in [0.29, 0.717) is 13.0 Å². The second kappa shape index (κ2) is 4.12. The van der Waals surface area contributed by atoms with Crippen LogP contribution in [0.4, 0.5) is 4.79 Å². The summed E-state index contributed by atoms with van der Waals surface area (Å²) in [6.45, 7) is 5.98. The molecular formula is C12H18N4O2. The standard InChI is InChI=1S/C12H18N4O2/c1-5-12(3)10(17)13-11(18)16(12)7-9-6-8(2)14-15(9)4/h6H,5,7H2,1-4H3,(H,13,17,18). The topological polar surface area (TPSA) is 67.2 Å². The first-order valence-corrected chi connectivity index (χ1v) is 6.01. The van der Waals surface area contributed by atoms with Crippen LogP contribution < -0.4 is 5.32 Å². The lowest BCUT2D eigenvalue weighted by Crippen LogP contribution is -2.46. The third-order valence-electron chi connectivity index (χ3n) is 3.66. The van der Waals surface area contributed by atoms with Gasteiger partial charge in [-0.1, -0.05) is 6.92 Å². The minimum absolute atomic E-state index is 0.228. The molecule has 98 valence electrons. The zero-order valence-electron chi connectivity index (χ0n) is 11.1. The summed E-state index contributed by atoms with van der Waals surface area (Å²) < 4.78 is 1.74. The Bertz CT molecular complexity index is 508. The fraction of sp³-hybridized carbons (Fsp3) is 0.583. The molecule has 2 rings (SSSR count). The molecule has 1 N–H and O–H groups in total. The van der Waals surface area contributed by atoms with Gasteiger partial charge in [0.05, 0.1) is 17.9 Å². The van der Waals surface area contributed by atoms with Crippen molar-refractivity contribution in [1.29, 1.82) is 0 Å². The van der Waals surface area contributed by atoms with Crippen molar-refractivity contribution in [2.45, 2.75) is 39.3 Å². The van der Waals surface area contributed by atoms with Gasteiger partial charge in [0.15, 0.2) is 0 Å². The second-order valence-electron chi connectivity index (χ2n) is 4.87. The van der Waals surface area contributed by atoms with Crippen molar-refractivity contribution in [2.75, 3.05) is 0 Å². The van der Waals surface area contributed by atoms with Crippen molar-refractivity contribution < 1.29 is 9.59 Å². The zero-order chi connectivity index (χ0) is 13.5. The Morgan fingerprint density at radius 1 is 1.44 bits per heavy atom. The second-order valence-corrected chi connectivity index (χ2v) is 4.87. The van der Waals surface area contributed by atoms with Crippen LogP contribution in [0.1, 0.15) is 31.7 Å². The fourth-order valence-corrected chi connectivity index (χ4v) is 2.22. The first kappa shape index (κ1) is 12.6. The molecule has 2 heterocycles. The lowest BCUT2D eigenvalue weighted by molar-refractivity contribution is -0.126. The smallest absolute Gasteiger partial charge is 0.304 e. The van der Waals surface area contributed by atoms with Crippen LogP contribution in [0, 0.1) is 6.92 Å². The molecule has 1 atom stereocenters. The normalized spacial score (nSPS) is 23.7. The summed E-state index contributed by atoms with van der Waals surface area (Å²) in [5.74, 6) is -0.228. The summed E-state index contributed by atoms with van der Waals surface area (Å²) in [5.41, 5.74) is 1.04. The molecule has 1 fully saturated rings. The Hall–Kier alpha value is -1.85. The number of rotatable bonds is 3. The molecule has 1 aromatic heterocycles. The third-order valence-corrected chi connectivity index (χ3v) is 3.66. The molecule has 1 unspecified atom stereocenters. The highest BCUT2D eigenvalue weighted by atomic mass is 16.2. The van der Waals surface area contributed by atoms with Crippen molar-refractivity contribution in [3.05, 3.63) is 17.5 Å². The molecule has 18 heavy (non-hydrogen) atoms. The molecule has 0 spiro atoms. The molecular weight excluding hydrogens is 232 g/mol. The molecule has 1 aliphatic heterocycles. The van der Waals surface area contributed by atoms with E-state index >= 15 is 0 Å². The van der Waals surface area contributed by atoms with E-state index in [4.69, 9.17) is 0 Å². The van der Waals surface area contributed by atoms with Gasteiger partial charge in [-0.25, -0.2) is 4.79 Å². The Kier molecular flexibility index (Phi) is 2.88. The molecule has 0 radical (unpaired) electrons. The number of hydrogen-bond donors (Lipinski definition) is 1. The van der Waals surface area contributed by atoms with Crippen LogP contribution in [0.5, 0.6) is 0 Å². The van der Waals surface area contributed by atoms with E-state index in [0.717, 1.165) is 11.4 Å². The highest BCUT2D eigenvalue weighted by Crippen LogP contribution is 2.27. The van der Waals surface area contributed by atoms with Crippen LogP contribution in [0.25, 0.3) is 0 Å². The van der Waals surface area contributed by atoms with Gasteiger partial charge in [-0.3, -0.25) is 14.8 Å². The Labute approximate surface area is 106 Å². The van der Waals surface area contributed by atoms with Crippen LogP contribution in [0.15, 0.2) is 6.07 Å². The number of carbonyl (C=O) groups excluding carboxylic acids is 2. The van der Waals surface area contributed by atoms with E-state index in [1.807, 2.05) is 27.0 Å². The number of urea groups is 1. The van der Waals surface area contributed by atoms with Crippen LogP contribution >= 0.6 is 0 Å².